The first-order valence-corrected chi connectivity index (χ1v) is 6.83. The molecule has 18 heavy (non-hydrogen) atoms. The lowest BCUT2D eigenvalue weighted by Crippen LogP contribution is -2.48. The molecule has 3 nitrogen and oxygen atoms in total. The molecule has 3 heteroatoms. The smallest absolute Gasteiger partial charge is 0.0398 e. The van der Waals surface area contributed by atoms with Gasteiger partial charge in [0.05, 0.1) is 0 Å². The molecule has 0 aliphatic carbocycles. The van der Waals surface area contributed by atoms with Crippen molar-refractivity contribution >= 4 is 5.69 Å². The molecule has 0 amide bonds. The van der Waals surface area contributed by atoms with Crippen LogP contribution in [0.3, 0.4) is 0 Å². The van der Waals surface area contributed by atoms with Gasteiger partial charge in [0.25, 0.3) is 0 Å². The number of nitrogens with two attached hydrogens (primary N) is 2. The second kappa shape index (κ2) is 5.29. The van der Waals surface area contributed by atoms with E-state index in [2.05, 4.69) is 36.9 Å². The summed E-state index contributed by atoms with van der Waals surface area (Å²) in [6.07, 6.45) is 2.21. The molecule has 1 heterocycles. The summed E-state index contributed by atoms with van der Waals surface area (Å²) in [5, 5.41) is 0. The quantitative estimate of drug-likeness (QED) is 0.856. The number of nitrogens with zero attached hydrogens (tertiary/aromatic N) is 1. The van der Waals surface area contributed by atoms with Crippen LogP contribution in [0.5, 0.6) is 0 Å². The predicted octanol–water partition coefficient (Wildman–Crippen LogP) is 1.81. The fourth-order valence-corrected chi connectivity index (χ4v) is 2.79. The molecule has 1 fully saturated rings. The highest BCUT2D eigenvalue weighted by Crippen LogP contribution is 2.33. The standard InChI is InChI=1S/C15H25N3/c1-12-4-3-5-14(13(12)2)18-8-6-15(10-16,11-17)7-9-18/h3-5H,6-11,16-17H2,1-2H3. The van der Waals surface area contributed by atoms with Gasteiger partial charge in [0.2, 0.25) is 0 Å². The maximum atomic E-state index is 5.89. The van der Waals surface area contributed by atoms with Crippen LogP contribution >= 0.6 is 0 Å². The fraction of sp³-hybridized carbons (Fsp3) is 0.600. The van der Waals surface area contributed by atoms with Crippen molar-refractivity contribution in [1.82, 2.24) is 0 Å². The molecule has 100 valence electrons. The van der Waals surface area contributed by atoms with E-state index in [0.717, 1.165) is 25.9 Å². The largest absolute Gasteiger partial charge is 0.371 e. The van der Waals surface area contributed by atoms with E-state index in [0.29, 0.717) is 13.1 Å². The van der Waals surface area contributed by atoms with Gasteiger partial charge in [-0.05, 0) is 62.4 Å². The van der Waals surface area contributed by atoms with Gasteiger partial charge in [0.15, 0.2) is 0 Å². The Hall–Kier alpha value is -1.06. The number of anilines is 1. The van der Waals surface area contributed by atoms with Crippen LogP contribution in [0.15, 0.2) is 18.2 Å². The Morgan fingerprint density at radius 3 is 2.28 bits per heavy atom. The summed E-state index contributed by atoms with van der Waals surface area (Å²) >= 11 is 0. The van der Waals surface area contributed by atoms with Crippen molar-refractivity contribution in [2.75, 3.05) is 31.1 Å². The molecule has 1 aromatic rings. The van der Waals surface area contributed by atoms with Crippen LogP contribution in [0.2, 0.25) is 0 Å². The summed E-state index contributed by atoms with van der Waals surface area (Å²) in [6.45, 7) is 7.94. The normalized spacial score (nSPS) is 19.0. The van der Waals surface area contributed by atoms with Gasteiger partial charge in [-0.2, -0.15) is 0 Å². The lowest BCUT2D eigenvalue weighted by atomic mass is 9.78. The van der Waals surface area contributed by atoms with Gasteiger partial charge in [-0.15, -0.1) is 0 Å². The summed E-state index contributed by atoms with van der Waals surface area (Å²) in [5.74, 6) is 0. The molecular weight excluding hydrogens is 222 g/mol. The van der Waals surface area contributed by atoms with Gasteiger partial charge in [-0.25, -0.2) is 0 Å². The third-order valence-corrected chi connectivity index (χ3v) is 4.61. The molecule has 1 saturated heterocycles. The average molecular weight is 247 g/mol. The SMILES string of the molecule is Cc1cccc(N2CCC(CN)(CN)CC2)c1C. The Labute approximate surface area is 110 Å². The van der Waals surface area contributed by atoms with E-state index in [4.69, 9.17) is 11.5 Å². The van der Waals surface area contributed by atoms with Crippen LogP contribution in [-0.4, -0.2) is 26.2 Å². The molecule has 0 bridgehead atoms. The van der Waals surface area contributed by atoms with E-state index < -0.39 is 0 Å². The van der Waals surface area contributed by atoms with Crippen molar-refractivity contribution in [1.29, 1.82) is 0 Å². The van der Waals surface area contributed by atoms with Crippen molar-refractivity contribution in [2.45, 2.75) is 26.7 Å². The van der Waals surface area contributed by atoms with E-state index in [1.165, 1.54) is 16.8 Å². The maximum Gasteiger partial charge on any atom is 0.0398 e. The third kappa shape index (κ3) is 2.38. The molecule has 0 unspecified atom stereocenters. The molecule has 0 saturated carbocycles. The molecule has 0 spiro atoms. The topological polar surface area (TPSA) is 55.3 Å². The Kier molecular flexibility index (Phi) is 3.93. The van der Waals surface area contributed by atoms with Crippen LogP contribution in [0.25, 0.3) is 0 Å². The highest BCUT2D eigenvalue weighted by Gasteiger charge is 2.32. The zero-order chi connectivity index (χ0) is 13.2. The summed E-state index contributed by atoms with van der Waals surface area (Å²) in [6, 6.07) is 6.54. The Morgan fingerprint density at radius 2 is 1.72 bits per heavy atom. The minimum atomic E-state index is 0.175. The van der Waals surface area contributed by atoms with Crippen LogP contribution in [-0.2, 0) is 0 Å². The maximum absolute atomic E-state index is 5.89. The van der Waals surface area contributed by atoms with E-state index in [1.807, 2.05) is 0 Å². The molecule has 0 aromatic heterocycles. The molecule has 4 N–H and O–H groups in total. The first-order chi connectivity index (χ1) is 8.62. The summed E-state index contributed by atoms with van der Waals surface area (Å²) in [7, 11) is 0. The third-order valence-electron chi connectivity index (χ3n) is 4.61. The number of benzene rings is 1. The summed E-state index contributed by atoms with van der Waals surface area (Å²) in [4.78, 5) is 2.48. The minimum Gasteiger partial charge on any atom is -0.371 e. The summed E-state index contributed by atoms with van der Waals surface area (Å²) < 4.78 is 0. The van der Waals surface area contributed by atoms with Crippen molar-refractivity contribution in [2.24, 2.45) is 16.9 Å². The second-order valence-corrected chi connectivity index (χ2v) is 5.61. The first kappa shape index (κ1) is 13.4. The summed E-state index contributed by atoms with van der Waals surface area (Å²) in [5.41, 5.74) is 16.1. The monoisotopic (exact) mass is 247 g/mol. The molecular formula is C15H25N3. The minimum absolute atomic E-state index is 0.175. The zero-order valence-corrected chi connectivity index (χ0v) is 11.6. The van der Waals surface area contributed by atoms with Gasteiger partial charge < -0.3 is 16.4 Å². The van der Waals surface area contributed by atoms with Gasteiger partial charge in [-0.3, -0.25) is 0 Å². The van der Waals surface area contributed by atoms with Crippen LogP contribution in [0.1, 0.15) is 24.0 Å². The van der Waals surface area contributed by atoms with Gasteiger partial charge in [0.1, 0.15) is 0 Å². The number of hydrogen-bond donors (Lipinski definition) is 2. The molecule has 2 rings (SSSR count). The Balaban J connectivity index is 2.12. The van der Waals surface area contributed by atoms with Crippen molar-refractivity contribution in [3.8, 4) is 0 Å². The van der Waals surface area contributed by atoms with E-state index in [-0.39, 0.29) is 5.41 Å². The molecule has 1 aromatic carbocycles. The Morgan fingerprint density at radius 1 is 1.11 bits per heavy atom. The second-order valence-electron chi connectivity index (χ2n) is 5.61. The van der Waals surface area contributed by atoms with E-state index in [1.54, 1.807) is 0 Å². The number of hydrogen-bond acceptors (Lipinski definition) is 3. The molecule has 0 radical (unpaired) electrons. The number of rotatable bonds is 3. The van der Waals surface area contributed by atoms with Crippen LogP contribution < -0.4 is 16.4 Å². The molecule has 1 aliphatic heterocycles. The van der Waals surface area contributed by atoms with E-state index >= 15 is 0 Å². The highest BCUT2D eigenvalue weighted by molar-refractivity contribution is 5.56. The van der Waals surface area contributed by atoms with Crippen molar-refractivity contribution < 1.29 is 0 Å². The Bertz CT molecular complexity index is 400. The fourth-order valence-electron chi connectivity index (χ4n) is 2.79. The van der Waals surface area contributed by atoms with Crippen LogP contribution in [0, 0.1) is 19.3 Å². The van der Waals surface area contributed by atoms with Gasteiger partial charge in [0, 0.05) is 18.8 Å². The predicted molar refractivity (Wildman–Crippen MR) is 77.9 cm³/mol. The number of aryl methyl sites for hydroxylation is 1. The lowest BCUT2D eigenvalue weighted by Gasteiger charge is -2.42. The van der Waals surface area contributed by atoms with Gasteiger partial charge in [-0.1, -0.05) is 12.1 Å². The highest BCUT2D eigenvalue weighted by atomic mass is 15.1. The van der Waals surface area contributed by atoms with Crippen molar-refractivity contribution in [3.63, 3.8) is 0 Å². The van der Waals surface area contributed by atoms with Crippen LogP contribution in [0.4, 0.5) is 5.69 Å². The zero-order valence-electron chi connectivity index (χ0n) is 11.6. The average Bonchev–Trinajstić information content (AvgIpc) is 2.42. The first-order valence-electron chi connectivity index (χ1n) is 6.83. The van der Waals surface area contributed by atoms with Gasteiger partial charge >= 0.3 is 0 Å². The lowest BCUT2D eigenvalue weighted by molar-refractivity contribution is 0.238. The molecule has 0 atom stereocenters. The van der Waals surface area contributed by atoms with Crippen molar-refractivity contribution in [3.05, 3.63) is 29.3 Å². The van der Waals surface area contributed by atoms with E-state index in [9.17, 15) is 0 Å². The number of piperidine rings is 1. The molecule has 1 aliphatic rings.